The summed E-state index contributed by atoms with van der Waals surface area (Å²) in [6, 6.07) is 14.8. The number of aliphatic carboxylic acids is 1. The van der Waals surface area contributed by atoms with Gasteiger partial charge in [0.25, 0.3) is 0 Å². The van der Waals surface area contributed by atoms with Crippen molar-refractivity contribution in [2.45, 2.75) is 19.3 Å². The molecule has 19 heavy (non-hydrogen) atoms. The molecule has 3 heteroatoms. The van der Waals surface area contributed by atoms with E-state index < -0.39 is 11.9 Å². The van der Waals surface area contributed by atoms with Crippen molar-refractivity contribution in [1.29, 1.82) is 0 Å². The average Bonchev–Trinajstić information content (AvgIpc) is 2.42. The van der Waals surface area contributed by atoms with Crippen molar-refractivity contribution in [3.63, 3.8) is 0 Å². The van der Waals surface area contributed by atoms with Crippen LogP contribution in [0.1, 0.15) is 24.8 Å². The Kier molecular flexibility index (Phi) is 3.85. The average molecular weight is 256 g/mol. The summed E-state index contributed by atoms with van der Waals surface area (Å²) in [5.41, 5.74) is 2.34. The van der Waals surface area contributed by atoms with Gasteiger partial charge in [-0.2, -0.15) is 0 Å². The van der Waals surface area contributed by atoms with E-state index in [1.807, 2.05) is 36.4 Å². The molecule has 0 aliphatic heterocycles. The fourth-order valence-electron chi connectivity index (χ4n) is 2.18. The molecule has 2 rings (SSSR count). The van der Waals surface area contributed by atoms with E-state index in [0.29, 0.717) is 12.0 Å². The van der Waals surface area contributed by atoms with Crippen LogP contribution in [-0.4, -0.2) is 16.2 Å². The second-order valence-corrected chi connectivity index (χ2v) is 4.44. The van der Waals surface area contributed by atoms with Gasteiger partial charge in [0.15, 0.2) is 0 Å². The summed E-state index contributed by atoms with van der Waals surface area (Å²) >= 11 is 0. The lowest BCUT2D eigenvalue weighted by Gasteiger charge is -2.13. The number of hydrogen-bond donors (Lipinski definition) is 2. The number of rotatable bonds is 4. The molecule has 1 unspecified atom stereocenters. The van der Waals surface area contributed by atoms with Crippen LogP contribution in [0.15, 0.2) is 48.5 Å². The highest BCUT2D eigenvalue weighted by molar-refractivity contribution is 5.78. The van der Waals surface area contributed by atoms with Crippen LogP contribution in [0.4, 0.5) is 0 Å². The molecule has 98 valence electrons. The summed E-state index contributed by atoms with van der Waals surface area (Å²) < 4.78 is 0. The fraction of sp³-hybridized carbons (Fsp3) is 0.188. The van der Waals surface area contributed by atoms with Crippen LogP contribution in [0.2, 0.25) is 0 Å². The molecule has 1 atom stereocenters. The monoisotopic (exact) mass is 256 g/mol. The smallest absolute Gasteiger partial charge is 0.311 e. The van der Waals surface area contributed by atoms with Crippen molar-refractivity contribution in [1.82, 2.24) is 0 Å². The molecular weight excluding hydrogens is 240 g/mol. The van der Waals surface area contributed by atoms with Gasteiger partial charge in [-0.15, -0.1) is 0 Å². The van der Waals surface area contributed by atoms with Gasteiger partial charge < -0.3 is 10.2 Å². The third kappa shape index (κ3) is 2.76. The number of aromatic hydroxyl groups is 1. The largest absolute Gasteiger partial charge is 0.508 e. The van der Waals surface area contributed by atoms with Crippen molar-refractivity contribution in [2.75, 3.05) is 0 Å². The number of phenols is 1. The Morgan fingerprint density at radius 3 is 2.32 bits per heavy atom. The van der Waals surface area contributed by atoms with E-state index >= 15 is 0 Å². The third-order valence-electron chi connectivity index (χ3n) is 3.22. The van der Waals surface area contributed by atoms with Gasteiger partial charge in [-0.25, -0.2) is 0 Å². The maximum Gasteiger partial charge on any atom is 0.311 e. The van der Waals surface area contributed by atoms with E-state index in [2.05, 4.69) is 0 Å². The second-order valence-electron chi connectivity index (χ2n) is 4.44. The molecule has 2 aromatic carbocycles. The highest BCUT2D eigenvalue weighted by atomic mass is 16.4. The summed E-state index contributed by atoms with van der Waals surface area (Å²) in [6.45, 7) is 1.79. The van der Waals surface area contributed by atoms with Gasteiger partial charge in [-0.1, -0.05) is 49.4 Å². The highest BCUT2D eigenvalue weighted by Gasteiger charge is 2.20. The zero-order valence-corrected chi connectivity index (χ0v) is 10.7. The standard InChI is InChI=1S/C16H16O3/c1-2-13(16(18)19)14-9-8-12(10-15(14)17)11-6-4-3-5-7-11/h3-10,13,17H,2H2,1H3,(H,18,19). The Bertz CT molecular complexity index is 576. The predicted octanol–water partition coefficient (Wildman–Crippen LogP) is 3.64. The lowest BCUT2D eigenvalue weighted by molar-refractivity contribution is -0.138. The molecule has 0 spiro atoms. The maximum atomic E-state index is 11.1. The Morgan fingerprint density at radius 1 is 1.11 bits per heavy atom. The first-order valence-electron chi connectivity index (χ1n) is 6.24. The quantitative estimate of drug-likeness (QED) is 0.878. The number of carboxylic acid groups (broad SMARTS) is 1. The molecular formula is C16H16O3. The van der Waals surface area contributed by atoms with Gasteiger partial charge in [0.05, 0.1) is 5.92 Å². The van der Waals surface area contributed by atoms with Gasteiger partial charge in [-0.3, -0.25) is 4.79 Å². The number of phenolic OH excluding ortho intramolecular Hbond substituents is 1. The molecule has 2 N–H and O–H groups in total. The maximum absolute atomic E-state index is 11.1. The number of benzene rings is 2. The number of hydrogen-bond acceptors (Lipinski definition) is 2. The van der Waals surface area contributed by atoms with E-state index in [1.165, 1.54) is 0 Å². The SMILES string of the molecule is CCC(C(=O)O)c1ccc(-c2ccccc2)cc1O. The van der Waals surface area contributed by atoms with Crippen molar-refractivity contribution in [3.8, 4) is 16.9 Å². The van der Waals surface area contributed by atoms with Crippen LogP contribution in [0.25, 0.3) is 11.1 Å². The van der Waals surface area contributed by atoms with Crippen molar-refractivity contribution >= 4 is 5.97 Å². The van der Waals surface area contributed by atoms with Gasteiger partial charge in [0, 0.05) is 5.56 Å². The topological polar surface area (TPSA) is 57.5 Å². The van der Waals surface area contributed by atoms with Crippen LogP contribution in [-0.2, 0) is 4.79 Å². The van der Waals surface area contributed by atoms with Crippen LogP contribution in [0.5, 0.6) is 5.75 Å². The molecule has 0 saturated heterocycles. The van der Waals surface area contributed by atoms with Crippen molar-refractivity contribution < 1.29 is 15.0 Å². The van der Waals surface area contributed by atoms with Crippen LogP contribution < -0.4 is 0 Å². The van der Waals surface area contributed by atoms with Crippen molar-refractivity contribution in [3.05, 3.63) is 54.1 Å². The van der Waals surface area contributed by atoms with E-state index in [4.69, 9.17) is 5.11 Å². The van der Waals surface area contributed by atoms with Crippen LogP contribution in [0.3, 0.4) is 0 Å². The molecule has 0 heterocycles. The summed E-state index contributed by atoms with van der Waals surface area (Å²) in [7, 11) is 0. The first kappa shape index (κ1) is 13.1. The van der Waals surface area contributed by atoms with Gasteiger partial charge >= 0.3 is 5.97 Å². The minimum Gasteiger partial charge on any atom is -0.508 e. The molecule has 0 radical (unpaired) electrons. The molecule has 0 aromatic heterocycles. The number of carboxylic acids is 1. The van der Waals surface area contributed by atoms with Gasteiger partial charge in [0.2, 0.25) is 0 Å². The van der Waals surface area contributed by atoms with Crippen LogP contribution >= 0.6 is 0 Å². The summed E-state index contributed by atoms with van der Waals surface area (Å²) in [6.07, 6.45) is 0.452. The Morgan fingerprint density at radius 2 is 1.79 bits per heavy atom. The summed E-state index contributed by atoms with van der Waals surface area (Å²) in [4.78, 5) is 11.1. The molecule has 0 saturated carbocycles. The second kappa shape index (κ2) is 5.57. The van der Waals surface area contributed by atoms with Gasteiger partial charge in [-0.05, 0) is 23.6 Å². The molecule has 0 fully saturated rings. The Labute approximate surface area is 112 Å². The van der Waals surface area contributed by atoms with E-state index in [-0.39, 0.29) is 5.75 Å². The zero-order chi connectivity index (χ0) is 13.8. The van der Waals surface area contributed by atoms with E-state index in [0.717, 1.165) is 11.1 Å². The van der Waals surface area contributed by atoms with E-state index in [1.54, 1.807) is 19.1 Å². The minimum atomic E-state index is -0.912. The number of carbonyl (C=O) groups is 1. The highest BCUT2D eigenvalue weighted by Crippen LogP contribution is 2.32. The molecule has 0 aliphatic rings. The molecule has 0 amide bonds. The molecule has 3 nitrogen and oxygen atoms in total. The predicted molar refractivity (Wildman–Crippen MR) is 74.2 cm³/mol. The Balaban J connectivity index is 2.40. The normalized spacial score (nSPS) is 12.1. The van der Waals surface area contributed by atoms with Gasteiger partial charge in [0.1, 0.15) is 5.75 Å². The van der Waals surface area contributed by atoms with Crippen LogP contribution in [0, 0.1) is 0 Å². The first-order valence-corrected chi connectivity index (χ1v) is 6.24. The lowest BCUT2D eigenvalue weighted by Crippen LogP contribution is -2.10. The lowest BCUT2D eigenvalue weighted by atomic mass is 9.93. The zero-order valence-electron chi connectivity index (χ0n) is 10.7. The van der Waals surface area contributed by atoms with E-state index in [9.17, 15) is 9.90 Å². The first-order chi connectivity index (χ1) is 9.13. The minimum absolute atomic E-state index is 0.0376. The molecule has 0 aliphatic carbocycles. The Hall–Kier alpha value is -2.29. The molecule has 2 aromatic rings. The summed E-state index contributed by atoms with van der Waals surface area (Å²) in [5, 5.41) is 19.2. The molecule has 0 bridgehead atoms. The third-order valence-corrected chi connectivity index (χ3v) is 3.22. The summed E-state index contributed by atoms with van der Waals surface area (Å²) in [5.74, 6) is -1.54. The fourth-order valence-corrected chi connectivity index (χ4v) is 2.18. The van der Waals surface area contributed by atoms with Crippen molar-refractivity contribution in [2.24, 2.45) is 0 Å².